The minimum Gasteiger partial charge on any atom is -0.489 e. The van der Waals surface area contributed by atoms with Crippen molar-refractivity contribution < 1.29 is 9.53 Å². The lowest BCUT2D eigenvalue weighted by Gasteiger charge is -2.15. The van der Waals surface area contributed by atoms with Gasteiger partial charge in [0, 0.05) is 12.1 Å². The normalized spacial score (nSPS) is 15.6. The van der Waals surface area contributed by atoms with Gasteiger partial charge in [0.25, 0.3) is 0 Å². The van der Waals surface area contributed by atoms with E-state index in [2.05, 4.69) is 5.32 Å². The van der Waals surface area contributed by atoms with Gasteiger partial charge in [0.1, 0.15) is 5.75 Å². The van der Waals surface area contributed by atoms with Crippen LogP contribution in [0.4, 0.5) is 5.69 Å². The van der Waals surface area contributed by atoms with Crippen molar-refractivity contribution in [3.63, 3.8) is 0 Å². The van der Waals surface area contributed by atoms with Crippen LogP contribution in [0.1, 0.15) is 46.0 Å². The summed E-state index contributed by atoms with van der Waals surface area (Å²) in [7, 11) is 0. The van der Waals surface area contributed by atoms with E-state index in [1.807, 2.05) is 26.0 Å². The molecular formula is C16H22ClNO2. The molecule has 0 radical (unpaired) electrons. The maximum Gasteiger partial charge on any atom is 0.224 e. The minimum absolute atomic E-state index is 0.0144. The van der Waals surface area contributed by atoms with E-state index in [1.165, 1.54) is 12.8 Å². The first-order chi connectivity index (χ1) is 9.54. The number of benzene rings is 1. The Balaban J connectivity index is 1.96. The van der Waals surface area contributed by atoms with Crippen LogP contribution < -0.4 is 10.1 Å². The van der Waals surface area contributed by atoms with Crippen molar-refractivity contribution in [2.24, 2.45) is 5.92 Å². The third-order valence-corrected chi connectivity index (χ3v) is 3.70. The Bertz CT molecular complexity index is 468. The standard InChI is InChI=1S/C16H22ClNO2/c1-11(2)9-16(19)18-12-7-8-15(14(17)10-12)20-13-5-3-4-6-13/h7-8,10-11,13H,3-6,9H2,1-2H3,(H,18,19). The van der Waals surface area contributed by atoms with Crippen molar-refractivity contribution in [3.05, 3.63) is 23.2 Å². The average molecular weight is 296 g/mol. The lowest BCUT2D eigenvalue weighted by atomic mass is 10.1. The molecule has 0 aromatic heterocycles. The van der Waals surface area contributed by atoms with Crippen LogP contribution in [-0.2, 0) is 4.79 Å². The number of ether oxygens (including phenoxy) is 1. The van der Waals surface area contributed by atoms with Crippen LogP contribution in [0, 0.1) is 5.92 Å². The van der Waals surface area contributed by atoms with Gasteiger partial charge < -0.3 is 10.1 Å². The minimum atomic E-state index is 0.0144. The van der Waals surface area contributed by atoms with E-state index < -0.39 is 0 Å². The van der Waals surface area contributed by atoms with E-state index >= 15 is 0 Å². The van der Waals surface area contributed by atoms with Crippen molar-refractivity contribution in [2.75, 3.05) is 5.32 Å². The molecule has 3 nitrogen and oxygen atoms in total. The second-order valence-electron chi connectivity index (χ2n) is 5.82. The van der Waals surface area contributed by atoms with E-state index in [1.54, 1.807) is 6.07 Å². The van der Waals surface area contributed by atoms with E-state index in [4.69, 9.17) is 16.3 Å². The smallest absolute Gasteiger partial charge is 0.224 e. The third-order valence-electron chi connectivity index (χ3n) is 3.41. The van der Waals surface area contributed by atoms with E-state index in [0.29, 0.717) is 23.1 Å². The molecule has 1 N–H and O–H groups in total. The summed E-state index contributed by atoms with van der Waals surface area (Å²) in [4.78, 5) is 11.7. The molecule has 0 unspecified atom stereocenters. The first-order valence-corrected chi connectivity index (χ1v) is 7.68. The van der Waals surface area contributed by atoms with Crippen LogP contribution in [0.3, 0.4) is 0 Å². The van der Waals surface area contributed by atoms with Crippen molar-refractivity contribution in [1.29, 1.82) is 0 Å². The molecule has 0 bridgehead atoms. The van der Waals surface area contributed by atoms with Crippen LogP contribution in [0.25, 0.3) is 0 Å². The molecular weight excluding hydrogens is 274 g/mol. The SMILES string of the molecule is CC(C)CC(=O)Nc1ccc(OC2CCCC2)c(Cl)c1. The maximum atomic E-state index is 11.7. The molecule has 0 heterocycles. The summed E-state index contributed by atoms with van der Waals surface area (Å²) in [6.07, 6.45) is 5.45. The highest BCUT2D eigenvalue weighted by molar-refractivity contribution is 6.32. The van der Waals surface area contributed by atoms with Crippen LogP contribution in [0.15, 0.2) is 18.2 Å². The fraction of sp³-hybridized carbons (Fsp3) is 0.562. The Morgan fingerprint density at radius 1 is 1.40 bits per heavy atom. The number of anilines is 1. The summed E-state index contributed by atoms with van der Waals surface area (Å²) in [5.74, 6) is 1.07. The van der Waals surface area contributed by atoms with Gasteiger partial charge in [0.05, 0.1) is 11.1 Å². The van der Waals surface area contributed by atoms with Gasteiger partial charge >= 0.3 is 0 Å². The van der Waals surface area contributed by atoms with E-state index in [-0.39, 0.29) is 12.0 Å². The van der Waals surface area contributed by atoms with Crippen molar-refractivity contribution >= 4 is 23.2 Å². The van der Waals surface area contributed by atoms with Crippen LogP contribution in [-0.4, -0.2) is 12.0 Å². The summed E-state index contributed by atoms with van der Waals surface area (Å²) < 4.78 is 5.89. The van der Waals surface area contributed by atoms with Crippen LogP contribution in [0.2, 0.25) is 5.02 Å². The molecule has 4 heteroatoms. The molecule has 0 saturated heterocycles. The third kappa shape index (κ3) is 4.41. The molecule has 0 spiro atoms. The number of carbonyl (C=O) groups excluding carboxylic acids is 1. The van der Waals surface area contributed by atoms with Gasteiger partial charge in [-0.15, -0.1) is 0 Å². The topological polar surface area (TPSA) is 38.3 Å². The van der Waals surface area contributed by atoms with Gasteiger partial charge in [-0.1, -0.05) is 25.4 Å². The van der Waals surface area contributed by atoms with Gasteiger partial charge in [-0.2, -0.15) is 0 Å². The lowest BCUT2D eigenvalue weighted by molar-refractivity contribution is -0.116. The highest BCUT2D eigenvalue weighted by Crippen LogP contribution is 2.31. The van der Waals surface area contributed by atoms with Crippen molar-refractivity contribution in [2.45, 2.75) is 52.1 Å². The molecule has 1 aromatic rings. The Hall–Kier alpha value is -1.22. The Labute approximate surface area is 125 Å². The summed E-state index contributed by atoms with van der Waals surface area (Å²) in [5, 5.41) is 3.41. The highest BCUT2D eigenvalue weighted by Gasteiger charge is 2.18. The average Bonchev–Trinajstić information content (AvgIpc) is 2.84. The number of hydrogen-bond acceptors (Lipinski definition) is 2. The molecule has 2 rings (SSSR count). The Kier molecular flexibility index (Phi) is 5.30. The van der Waals surface area contributed by atoms with Gasteiger partial charge in [0.2, 0.25) is 5.91 Å². The van der Waals surface area contributed by atoms with Gasteiger partial charge in [-0.3, -0.25) is 4.79 Å². The molecule has 1 aromatic carbocycles. The fourth-order valence-electron chi connectivity index (χ4n) is 2.44. The zero-order valence-corrected chi connectivity index (χ0v) is 12.9. The van der Waals surface area contributed by atoms with Gasteiger partial charge in [-0.25, -0.2) is 0 Å². The molecule has 1 saturated carbocycles. The molecule has 1 fully saturated rings. The number of halogens is 1. The number of amides is 1. The van der Waals surface area contributed by atoms with E-state index in [9.17, 15) is 4.79 Å². The summed E-state index contributed by atoms with van der Waals surface area (Å²) in [5.41, 5.74) is 0.722. The second-order valence-corrected chi connectivity index (χ2v) is 6.22. The monoisotopic (exact) mass is 295 g/mol. The molecule has 1 aliphatic carbocycles. The summed E-state index contributed by atoms with van der Waals surface area (Å²) in [6.45, 7) is 4.04. The Morgan fingerprint density at radius 2 is 2.10 bits per heavy atom. The predicted molar refractivity (Wildman–Crippen MR) is 82.4 cm³/mol. The first-order valence-electron chi connectivity index (χ1n) is 7.30. The molecule has 0 aliphatic heterocycles. The number of carbonyl (C=O) groups is 1. The summed E-state index contributed by atoms with van der Waals surface area (Å²) in [6, 6.07) is 5.43. The number of nitrogens with one attached hydrogen (secondary N) is 1. The maximum absolute atomic E-state index is 11.7. The number of hydrogen-bond donors (Lipinski definition) is 1. The first kappa shape index (κ1) is 15.2. The van der Waals surface area contributed by atoms with Crippen molar-refractivity contribution in [3.8, 4) is 5.75 Å². The fourth-order valence-corrected chi connectivity index (χ4v) is 2.67. The zero-order valence-electron chi connectivity index (χ0n) is 12.1. The van der Waals surface area contributed by atoms with Gasteiger partial charge in [-0.05, 0) is 49.8 Å². The van der Waals surface area contributed by atoms with Crippen molar-refractivity contribution in [1.82, 2.24) is 0 Å². The molecule has 110 valence electrons. The van der Waals surface area contributed by atoms with Crippen LogP contribution >= 0.6 is 11.6 Å². The Morgan fingerprint density at radius 3 is 2.70 bits per heavy atom. The summed E-state index contributed by atoms with van der Waals surface area (Å²) >= 11 is 6.22. The molecule has 1 amide bonds. The second kappa shape index (κ2) is 6.98. The highest BCUT2D eigenvalue weighted by atomic mass is 35.5. The lowest BCUT2D eigenvalue weighted by Crippen LogP contribution is -2.14. The molecule has 1 aliphatic rings. The number of rotatable bonds is 5. The molecule has 0 atom stereocenters. The van der Waals surface area contributed by atoms with Crippen LogP contribution in [0.5, 0.6) is 5.75 Å². The largest absolute Gasteiger partial charge is 0.489 e. The predicted octanol–water partition coefficient (Wildman–Crippen LogP) is 4.65. The zero-order chi connectivity index (χ0) is 14.5. The quantitative estimate of drug-likeness (QED) is 0.859. The van der Waals surface area contributed by atoms with E-state index in [0.717, 1.165) is 18.5 Å². The van der Waals surface area contributed by atoms with Gasteiger partial charge in [0.15, 0.2) is 0 Å². The molecule has 20 heavy (non-hydrogen) atoms.